The van der Waals surface area contributed by atoms with Gasteiger partial charge in [0.05, 0.1) is 6.85 Å². The highest BCUT2D eigenvalue weighted by Crippen LogP contribution is 2.31. The number of hydrogen-bond acceptors (Lipinski definition) is 0. The summed E-state index contributed by atoms with van der Waals surface area (Å²) in [4.78, 5) is 0. The van der Waals surface area contributed by atoms with Crippen molar-refractivity contribution in [1.82, 2.24) is 0 Å². The lowest BCUT2D eigenvalue weighted by Gasteiger charge is -2.07. The molecule has 4 aromatic rings. The van der Waals surface area contributed by atoms with Crippen LogP contribution in [-0.4, -0.2) is 0 Å². The number of benzene rings is 4. The average molecular weight is 233 g/mol. The molecule has 0 heterocycles. The third kappa shape index (κ3) is 1.26. The molecule has 0 aliphatic heterocycles. The average Bonchev–Trinajstić information content (AvgIpc) is 2.56. The Bertz CT molecular complexity index is 1120. The summed E-state index contributed by atoms with van der Waals surface area (Å²) >= 11 is 0. The lowest BCUT2D eigenvalue weighted by Crippen LogP contribution is -1.80. The van der Waals surface area contributed by atoms with Gasteiger partial charge < -0.3 is 0 Å². The van der Waals surface area contributed by atoms with E-state index in [1.54, 1.807) is 6.07 Å². The van der Waals surface area contributed by atoms with Gasteiger partial charge in [-0.15, -0.1) is 0 Å². The van der Waals surface area contributed by atoms with Crippen molar-refractivity contribution >= 4 is 32.3 Å². The first kappa shape index (κ1) is 6.01. The summed E-state index contributed by atoms with van der Waals surface area (Å²) in [6.45, 7) is 0. The second-order valence-electron chi connectivity index (χ2n) is 4.29. The van der Waals surface area contributed by atoms with Crippen molar-refractivity contribution in [2.75, 3.05) is 0 Å². The molecule has 0 spiro atoms. The molecule has 4 aromatic carbocycles. The molecule has 18 heavy (non-hydrogen) atoms. The van der Waals surface area contributed by atoms with E-state index in [2.05, 4.69) is 0 Å². The molecule has 4 rings (SSSR count). The molecule has 0 aliphatic rings. The van der Waals surface area contributed by atoms with Crippen molar-refractivity contribution in [3.05, 3.63) is 72.7 Å². The molecule has 0 heteroatoms. The summed E-state index contributed by atoms with van der Waals surface area (Å²) in [5.74, 6) is 0. The van der Waals surface area contributed by atoms with Gasteiger partial charge >= 0.3 is 0 Å². The fraction of sp³-hybridized carbons (Fsp3) is 0. The zero-order valence-corrected chi connectivity index (χ0v) is 9.54. The highest BCUT2D eigenvalue weighted by Gasteiger charge is 2.03. The summed E-state index contributed by atoms with van der Waals surface area (Å²) in [7, 11) is 0. The van der Waals surface area contributed by atoms with Gasteiger partial charge in [0.1, 0.15) is 0 Å². The van der Waals surface area contributed by atoms with Gasteiger partial charge in [-0.3, -0.25) is 0 Å². The van der Waals surface area contributed by atoms with E-state index < -0.39 is 0 Å². The molecule has 0 fully saturated rings. The molecular formula is C18H12. The zero-order valence-electron chi connectivity index (χ0n) is 14.5. The van der Waals surface area contributed by atoms with E-state index in [9.17, 15) is 0 Å². The number of hydrogen-bond donors (Lipinski definition) is 0. The Kier molecular flexibility index (Phi) is 1.19. The largest absolute Gasteiger partial charge is 0.0629 e. The molecule has 0 nitrogen and oxygen atoms in total. The van der Waals surface area contributed by atoms with Gasteiger partial charge in [-0.1, -0.05) is 72.7 Å². The van der Waals surface area contributed by atoms with Crippen LogP contribution in [0.5, 0.6) is 0 Å². The molecule has 0 saturated heterocycles. The predicted molar refractivity (Wildman–Crippen MR) is 79.0 cm³/mol. The van der Waals surface area contributed by atoms with Crippen LogP contribution in [0.3, 0.4) is 0 Å². The van der Waals surface area contributed by atoms with E-state index in [1.807, 2.05) is 36.4 Å². The van der Waals surface area contributed by atoms with Crippen LogP contribution >= 0.6 is 0 Å². The lowest BCUT2D eigenvalue weighted by atomic mass is 9.97. The quantitative estimate of drug-likeness (QED) is 0.369. The highest BCUT2D eigenvalue weighted by atomic mass is 14.1. The Morgan fingerprint density at radius 2 is 1.44 bits per heavy atom. The van der Waals surface area contributed by atoms with Gasteiger partial charge in [-0.25, -0.2) is 0 Å². The monoisotopic (exact) mass is 233 g/mol. The highest BCUT2D eigenvalue weighted by molar-refractivity contribution is 6.20. The molecule has 0 amide bonds. The molecule has 84 valence electrons. The Morgan fingerprint density at radius 3 is 2.44 bits per heavy atom. The predicted octanol–water partition coefficient (Wildman–Crippen LogP) is 5.15. The molecule has 0 aliphatic carbocycles. The van der Waals surface area contributed by atoms with Crippen LogP contribution in [0.2, 0.25) is 0 Å². The first-order valence-corrected chi connectivity index (χ1v) is 5.82. The molecule has 0 unspecified atom stereocenters. The Hall–Kier alpha value is -2.34. The van der Waals surface area contributed by atoms with Crippen LogP contribution < -0.4 is 0 Å². The fourth-order valence-electron chi connectivity index (χ4n) is 2.45. The normalized spacial score (nSPS) is 15.2. The zero-order chi connectivity index (χ0) is 16.3. The summed E-state index contributed by atoms with van der Waals surface area (Å²) < 4.78 is 40.5. The molecule has 0 saturated carbocycles. The van der Waals surface area contributed by atoms with Crippen molar-refractivity contribution in [3.8, 4) is 0 Å². The molecule has 0 aromatic heterocycles. The van der Waals surface area contributed by atoms with Crippen molar-refractivity contribution in [2.24, 2.45) is 0 Å². The van der Waals surface area contributed by atoms with E-state index in [0.29, 0.717) is 5.39 Å². The standard InChI is InChI=1S/C18H12/c1-3-7-16-13(5-1)9-11-15-12-10-14-6-2-4-8-17(14)18(15)16/h1-12H/i1D,3D,5D,7D,9D. The van der Waals surface area contributed by atoms with Gasteiger partial charge in [0.25, 0.3) is 0 Å². The second kappa shape index (κ2) is 3.58. The smallest absolute Gasteiger partial charge is 0.0616 e. The summed E-state index contributed by atoms with van der Waals surface area (Å²) in [6.07, 6.45) is 0. The van der Waals surface area contributed by atoms with Gasteiger partial charge in [-0.05, 0) is 32.3 Å². The second-order valence-corrected chi connectivity index (χ2v) is 4.29. The van der Waals surface area contributed by atoms with Crippen LogP contribution in [-0.2, 0) is 0 Å². The first-order chi connectivity index (χ1) is 11.0. The van der Waals surface area contributed by atoms with Crippen LogP contribution in [0.15, 0.2) is 72.7 Å². The van der Waals surface area contributed by atoms with Gasteiger partial charge in [-0.2, -0.15) is 0 Å². The maximum absolute atomic E-state index is 8.31. The van der Waals surface area contributed by atoms with E-state index in [4.69, 9.17) is 6.85 Å². The number of fused-ring (bicyclic) bond motifs is 5. The maximum Gasteiger partial charge on any atom is 0.0629 e. The van der Waals surface area contributed by atoms with Crippen molar-refractivity contribution < 1.29 is 6.85 Å². The minimum Gasteiger partial charge on any atom is -0.0616 e. The van der Waals surface area contributed by atoms with Gasteiger partial charge in [0.15, 0.2) is 0 Å². The Morgan fingerprint density at radius 1 is 0.611 bits per heavy atom. The molecule has 0 N–H and O–H groups in total. The summed E-state index contributed by atoms with van der Waals surface area (Å²) in [6, 6.07) is 12.6. The van der Waals surface area contributed by atoms with Crippen LogP contribution in [0, 0.1) is 0 Å². The first-order valence-electron chi connectivity index (χ1n) is 8.32. The van der Waals surface area contributed by atoms with E-state index in [-0.39, 0.29) is 35.6 Å². The fourth-order valence-corrected chi connectivity index (χ4v) is 2.45. The van der Waals surface area contributed by atoms with Crippen molar-refractivity contribution in [1.29, 1.82) is 0 Å². The van der Waals surface area contributed by atoms with Crippen LogP contribution in [0.1, 0.15) is 6.85 Å². The Balaban J connectivity index is 2.44. The van der Waals surface area contributed by atoms with Crippen molar-refractivity contribution in [2.45, 2.75) is 0 Å². The van der Waals surface area contributed by atoms with Gasteiger partial charge in [0, 0.05) is 0 Å². The lowest BCUT2D eigenvalue weighted by molar-refractivity contribution is 1.77. The molecule has 0 radical (unpaired) electrons. The minimum absolute atomic E-state index is 0.0866. The molecule has 0 atom stereocenters. The third-order valence-corrected chi connectivity index (χ3v) is 3.27. The number of rotatable bonds is 0. The van der Waals surface area contributed by atoms with Crippen LogP contribution in [0.4, 0.5) is 0 Å². The third-order valence-electron chi connectivity index (χ3n) is 3.27. The molecular weight excluding hydrogens is 216 g/mol. The Labute approximate surface area is 113 Å². The van der Waals surface area contributed by atoms with E-state index >= 15 is 0 Å². The van der Waals surface area contributed by atoms with Gasteiger partial charge in [0.2, 0.25) is 0 Å². The topological polar surface area (TPSA) is 0 Å². The molecule has 0 bridgehead atoms. The summed E-state index contributed by atoms with van der Waals surface area (Å²) in [5, 5.41) is 4.23. The maximum atomic E-state index is 8.31. The SMILES string of the molecule is [2H]c1c([2H])c([2H])c2c(c([2H])cc3ccc4ccccc4c32)c1[2H]. The minimum atomic E-state index is -0.296. The van der Waals surface area contributed by atoms with Crippen LogP contribution in [0.25, 0.3) is 32.3 Å². The summed E-state index contributed by atoms with van der Waals surface area (Å²) in [5.41, 5.74) is 0. The van der Waals surface area contributed by atoms with E-state index in [1.165, 1.54) is 0 Å². The van der Waals surface area contributed by atoms with Crippen molar-refractivity contribution in [3.63, 3.8) is 0 Å². The van der Waals surface area contributed by atoms with E-state index in [0.717, 1.165) is 21.5 Å².